The summed E-state index contributed by atoms with van der Waals surface area (Å²) >= 11 is 0. The first-order valence-corrected chi connectivity index (χ1v) is 7.27. The Morgan fingerprint density at radius 3 is 2.64 bits per heavy atom. The van der Waals surface area contributed by atoms with Gasteiger partial charge in [0.15, 0.2) is 0 Å². The van der Waals surface area contributed by atoms with Gasteiger partial charge in [-0.3, -0.25) is 4.79 Å². The number of rotatable bonds is 4. The van der Waals surface area contributed by atoms with Gasteiger partial charge in [0.25, 0.3) is 5.91 Å². The van der Waals surface area contributed by atoms with Crippen LogP contribution in [0.3, 0.4) is 0 Å². The van der Waals surface area contributed by atoms with Crippen molar-refractivity contribution >= 4 is 11.7 Å². The molecule has 0 saturated carbocycles. The topological polar surface area (TPSA) is 66.9 Å². The minimum Gasteiger partial charge on any atom is -0.366 e. The molecule has 2 rings (SSSR count). The van der Waals surface area contributed by atoms with Crippen molar-refractivity contribution in [3.8, 4) is 0 Å². The summed E-state index contributed by atoms with van der Waals surface area (Å²) in [6, 6.07) is 9.91. The number of benzene rings is 1. The van der Waals surface area contributed by atoms with Gasteiger partial charge in [0, 0.05) is 18.2 Å². The summed E-state index contributed by atoms with van der Waals surface area (Å²) in [5, 5.41) is 6.10. The molecule has 1 aromatic carbocycles. The zero-order valence-corrected chi connectivity index (χ0v) is 13.5. The van der Waals surface area contributed by atoms with Crippen LogP contribution in [0, 0.1) is 6.92 Å². The summed E-state index contributed by atoms with van der Waals surface area (Å²) in [7, 11) is 0. The minimum absolute atomic E-state index is 0.200. The van der Waals surface area contributed by atoms with E-state index in [-0.39, 0.29) is 11.4 Å². The van der Waals surface area contributed by atoms with Crippen LogP contribution in [-0.4, -0.2) is 21.4 Å². The lowest BCUT2D eigenvalue weighted by molar-refractivity contribution is 0.0914. The molecule has 0 unspecified atom stereocenters. The van der Waals surface area contributed by atoms with E-state index in [1.165, 1.54) is 17.5 Å². The monoisotopic (exact) mass is 298 g/mol. The number of aryl methyl sites for hydroxylation is 1. The van der Waals surface area contributed by atoms with E-state index in [4.69, 9.17) is 0 Å². The maximum Gasteiger partial charge on any atom is 0.270 e. The van der Waals surface area contributed by atoms with Crippen molar-refractivity contribution < 1.29 is 4.79 Å². The number of amides is 1. The fourth-order valence-electron chi connectivity index (χ4n) is 2.00. The van der Waals surface area contributed by atoms with Gasteiger partial charge in [-0.25, -0.2) is 9.97 Å². The zero-order valence-electron chi connectivity index (χ0n) is 13.5. The number of carbonyl (C=O) groups is 1. The molecule has 1 aromatic heterocycles. The molecule has 0 saturated heterocycles. The number of carbonyl (C=O) groups excluding carboxylic acids is 1. The molecule has 0 aliphatic rings. The molecule has 0 radical (unpaired) electrons. The Morgan fingerprint density at radius 2 is 1.95 bits per heavy atom. The third-order valence-electron chi connectivity index (χ3n) is 2.94. The van der Waals surface area contributed by atoms with Crippen LogP contribution in [0.15, 0.2) is 36.7 Å². The minimum atomic E-state index is -0.294. The molecule has 22 heavy (non-hydrogen) atoms. The van der Waals surface area contributed by atoms with E-state index in [9.17, 15) is 4.79 Å². The van der Waals surface area contributed by atoms with Gasteiger partial charge in [0.05, 0.1) is 0 Å². The second-order valence-electron chi connectivity index (χ2n) is 6.34. The third-order valence-corrected chi connectivity index (χ3v) is 2.94. The van der Waals surface area contributed by atoms with Crippen LogP contribution in [0.2, 0.25) is 0 Å². The van der Waals surface area contributed by atoms with Gasteiger partial charge in [-0.2, -0.15) is 0 Å². The summed E-state index contributed by atoms with van der Waals surface area (Å²) in [5.41, 5.74) is 2.44. The Balaban J connectivity index is 2.04. The smallest absolute Gasteiger partial charge is 0.270 e. The molecule has 0 aliphatic carbocycles. The van der Waals surface area contributed by atoms with Crippen LogP contribution in [0.1, 0.15) is 42.4 Å². The van der Waals surface area contributed by atoms with Crippen molar-refractivity contribution in [3.05, 3.63) is 53.5 Å². The molecular formula is C17H22N4O. The highest BCUT2D eigenvalue weighted by atomic mass is 16.2. The quantitative estimate of drug-likeness (QED) is 0.910. The maximum atomic E-state index is 12.1. The average molecular weight is 298 g/mol. The highest BCUT2D eigenvalue weighted by molar-refractivity contribution is 5.93. The SMILES string of the molecule is Cc1cccc(CNc2cc(C(=O)NC(C)(C)C)ncn2)c1. The van der Waals surface area contributed by atoms with Gasteiger partial charge < -0.3 is 10.6 Å². The van der Waals surface area contributed by atoms with Crippen molar-refractivity contribution in [1.82, 2.24) is 15.3 Å². The molecule has 5 nitrogen and oxygen atoms in total. The van der Waals surface area contributed by atoms with Crippen LogP contribution >= 0.6 is 0 Å². The summed E-state index contributed by atoms with van der Waals surface area (Å²) in [6.07, 6.45) is 1.40. The molecular weight excluding hydrogens is 276 g/mol. The van der Waals surface area contributed by atoms with Crippen molar-refractivity contribution in [2.45, 2.75) is 39.8 Å². The number of anilines is 1. The molecule has 0 spiro atoms. The van der Waals surface area contributed by atoms with Crippen molar-refractivity contribution in [2.24, 2.45) is 0 Å². The molecule has 5 heteroatoms. The van der Waals surface area contributed by atoms with Gasteiger partial charge in [0.2, 0.25) is 0 Å². The fourth-order valence-corrected chi connectivity index (χ4v) is 2.00. The molecule has 1 heterocycles. The third kappa shape index (κ3) is 4.84. The summed E-state index contributed by atoms with van der Waals surface area (Å²) in [4.78, 5) is 20.3. The predicted octanol–water partition coefficient (Wildman–Crippen LogP) is 2.93. The van der Waals surface area contributed by atoms with Crippen LogP contribution in [0.25, 0.3) is 0 Å². The average Bonchev–Trinajstić information content (AvgIpc) is 2.44. The zero-order chi connectivity index (χ0) is 16.2. The van der Waals surface area contributed by atoms with Gasteiger partial charge in [-0.1, -0.05) is 29.8 Å². The lowest BCUT2D eigenvalue weighted by Gasteiger charge is -2.20. The molecule has 0 aliphatic heterocycles. The Labute approximate surface area is 131 Å². The van der Waals surface area contributed by atoms with Gasteiger partial charge in [-0.15, -0.1) is 0 Å². The maximum absolute atomic E-state index is 12.1. The van der Waals surface area contributed by atoms with E-state index in [0.29, 0.717) is 18.1 Å². The van der Waals surface area contributed by atoms with Crippen molar-refractivity contribution in [3.63, 3.8) is 0 Å². The summed E-state index contributed by atoms with van der Waals surface area (Å²) < 4.78 is 0. The van der Waals surface area contributed by atoms with Crippen LogP contribution in [-0.2, 0) is 6.54 Å². The van der Waals surface area contributed by atoms with E-state index < -0.39 is 0 Å². The first-order chi connectivity index (χ1) is 10.3. The summed E-state index contributed by atoms with van der Waals surface area (Å²) in [5.74, 6) is 0.434. The number of aromatic nitrogens is 2. The Morgan fingerprint density at radius 1 is 1.18 bits per heavy atom. The van der Waals surface area contributed by atoms with E-state index >= 15 is 0 Å². The van der Waals surface area contributed by atoms with Crippen molar-refractivity contribution in [2.75, 3.05) is 5.32 Å². The predicted molar refractivity (Wildman–Crippen MR) is 87.8 cm³/mol. The van der Waals surface area contributed by atoms with E-state index in [1.807, 2.05) is 26.8 Å². The highest BCUT2D eigenvalue weighted by Crippen LogP contribution is 2.10. The second-order valence-corrected chi connectivity index (χ2v) is 6.34. The normalized spacial score (nSPS) is 11.1. The fraction of sp³-hybridized carbons (Fsp3) is 0.353. The lowest BCUT2D eigenvalue weighted by Crippen LogP contribution is -2.40. The van der Waals surface area contributed by atoms with Crippen molar-refractivity contribution in [1.29, 1.82) is 0 Å². The molecule has 116 valence electrons. The van der Waals surface area contributed by atoms with Gasteiger partial charge in [0.1, 0.15) is 17.8 Å². The molecule has 1 amide bonds. The number of hydrogen-bond donors (Lipinski definition) is 2. The second kappa shape index (κ2) is 6.56. The Kier molecular flexibility index (Phi) is 4.75. The number of hydrogen-bond acceptors (Lipinski definition) is 4. The molecule has 0 fully saturated rings. The van der Waals surface area contributed by atoms with E-state index in [0.717, 1.165) is 0 Å². The standard InChI is InChI=1S/C17H22N4O/c1-12-6-5-7-13(8-12)10-18-15-9-14(19-11-20-15)16(22)21-17(2,3)4/h5-9,11H,10H2,1-4H3,(H,21,22)(H,18,19,20). The van der Waals surface area contributed by atoms with Crippen LogP contribution in [0.4, 0.5) is 5.82 Å². The molecule has 0 atom stereocenters. The lowest BCUT2D eigenvalue weighted by atomic mass is 10.1. The Hall–Kier alpha value is -2.43. The molecule has 2 N–H and O–H groups in total. The first-order valence-electron chi connectivity index (χ1n) is 7.27. The largest absolute Gasteiger partial charge is 0.366 e. The Bertz CT molecular complexity index is 662. The molecule has 0 bridgehead atoms. The highest BCUT2D eigenvalue weighted by Gasteiger charge is 2.16. The van der Waals surface area contributed by atoms with Crippen LogP contribution in [0.5, 0.6) is 0 Å². The summed E-state index contributed by atoms with van der Waals surface area (Å²) in [6.45, 7) is 8.51. The first kappa shape index (κ1) is 15.9. The molecule has 2 aromatic rings. The van der Waals surface area contributed by atoms with Gasteiger partial charge in [-0.05, 0) is 33.3 Å². The van der Waals surface area contributed by atoms with Crippen LogP contribution < -0.4 is 10.6 Å². The van der Waals surface area contributed by atoms with E-state index in [2.05, 4.69) is 45.7 Å². The van der Waals surface area contributed by atoms with Gasteiger partial charge >= 0.3 is 0 Å². The number of nitrogens with zero attached hydrogens (tertiary/aromatic N) is 2. The number of nitrogens with one attached hydrogen (secondary N) is 2. The van der Waals surface area contributed by atoms with E-state index in [1.54, 1.807) is 6.07 Å².